The number of hydrogen-bond acceptors (Lipinski definition) is 5. The van der Waals surface area contributed by atoms with Crippen molar-refractivity contribution in [1.82, 2.24) is 9.88 Å². The molecule has 0 saturated carbocycles. The zero-order valence-corrected chi connectivity index (χ0v) is 18.6. The molecule has 0 unspecified atom stereocenters. The van der Waals surface area contributed by atoms with Crippen molar-refractivity contribution in [2.75, 3.05) is 20.3 Å². The molecule has 0 aliphatic rings. The fraction of sp³-hybridized carbons (Fsp3) is 0.333. The van der Waals surface area contributed by atoms with Crippen molar-refractivity contribution in [2.45, 2.75) is 33.4 Å². The van der Waals surface area contributed by atoms with Crippen molar-refractivity contribution in [3.63, 3.8) is 0 Å². The third-order valence-electron chi connectivity index (χ3n) is 4.63. The Morgan fingerprint density at radius 1 is 1.10 bits per heavy atom. The molecule has 1 heterocycles. The summed E-state index contributed by atoms with van der Waals surface area (Å²) in [6.07, 6.45) is 0.779. The van der Waals surface area contributed by atoms with Crippen LogP contribution in [0.3, 0.4) is 0 Å². The molecule has 3 rings (SSSR count). The van der Waals surface area contributed by atoms with Crippen LogP contribution >= 0.6 is 11.3 Å². The second kappa shape index (κ2) is 10.9. The van der Waals surface area contributed by atoms with Gasteiger partial charge in [0.15, 0.2) is 0 Å². The van der Waals surface area contributed by atoms with Crippen LogP contribution < -0.4 is 4.74 Å². The highest BCUT2D eigenvalue weighted by molar-refractivity contribution is 7.09. The number of methoxy groups -OCH3 is 1. The summed E-state index contributed by atoms with van der Waals surface area (Å²) in [7, 11) is 1.67. The quantitative estimate of drug-likeness (QED) is 0.429. The fourth-order valence-electron chi connectivity index (χ4n) is 3.15. The molecule has 0 atom stereocenters. The van der Waals surface area contributed by atoms with E-state index in [9.17, 15) is 4.79 Å². The van der Waals surface area contributed by atoms with Crippen molar-refractivity contribution >= 4 is 17.2 Å². The summed E-state index contributed by atoms with van der Waals surface area (Å²) in [5, 5.41) is 2.90. The number of rotatable bonds is 10. The molecule has 30 heavy (non-hydrogen) atoms. The number of aromatic nitrogens is 1. The van der Waals surface area contributed by atoms with E-state index in [0.717, 1.165) is 34.0 Å². The van der Waals surface area contributed by atoms with Gasteiger partial charge in [-0.25, -0.2) is 4.98 Å². The molecule has 0 aliphatic heterocycles. The maximum atomic E-state index is 13.1. The lowest BCUT2D eigenvalue weighted by Crippen LogP contribution is -2.32. The Labute approximate surface area is 182 Å². The van der Waals surface area contributed by atoms with Gasteiger partial charge in [0.25, 0.3) is 5.91 Å². The number of thiazole rings is 1. The third-order valence-corrected chi connectivity index (χ3v) is 5.50. The Morgan fingerprint density at radius 2 is 1.87 bits per heavy atom. The van der Waals surface area contributed by atoms with E-state index in [1.54, 1.807) is 18.4 Å². The molecule has 0 fully saturated rings. The number of carbonyl (C=O) groups is 1. The molecular formula is C24H28N2O3S. The largest absolute Gasteiger partial charge is 0.486 e. The summed E-state index contributed by atoms with van der Waals surface area (Å²) < 4.78 is 11.0. The molecule has 0 radical (unpaired) electrons. The van der Waals surface area contributed by atoms with E-state index in [2.05, 4.69) is 4.98 Å². The van der Waals surface area contributed by atoms with Crippen LogP contribution in [0.1, 0.15) is 38.6 Å². The smallest absolute Gasteiger partial charge is 0.254 e. The number of nitrogens with zero attached hydrogens (tertiary/aromatic N) is 2. The molecule has 0 bridgehead atoms. The number of hydrogen-bond donors (Lipinski definition) is 0. The minimum atomic E-state index is 0.0142. The molecule has 1 amide bonds. The second-order valence-corrected chi connectivity index (χ2v) is 8.22. The highest BCUT2D eigenvalue weighted by Crippen LogP contribution is 2.18. The summed E-state index contributed by atoms with van der Waals surface area (Å²) in [6, 6.07) is 15.7. The van der Waals surface area contributed by atoms with Gasteiger partial charge in [0.05, 0.1) is 12.2 Å². The number of aryl methyl sites for hydroxylation is 2. The van der Waals surface area contributed by atoms with Gasteiger partial charge in [-0.1, -0.05) is 29.8 Å². The van der Waals surface area contributed by atoms with Crippen LogP contribution in [0.2, 0.25) is 0 Å². The molecule has 0 spiro atoms. The van der Waals surface area contributed by atoms with E-state index in [1.807, 2.05) is 72.7 Å². The first-order valence-corrected chi connectivity index (χ1v) is 10.9. The van der Waals surface area contributed by atoms with Gasteiger partial charge in [-0.3, -0.25) is 4.79 Å². The molecule has 6 heteroatoms. The Balaban J connectivity index is 1.65. The lowest BCUT2D eigenvalue weighted by molar-refractivity contribution is 0.0721. The van der Waals surface area contributed by atoms with Crippen molar-refractivity contribution in [2.24, 2.45) is 0 Å². The average Bonchev–Trinajstić information content (AvgIpc) is 3.19. The van der Waals surface area contributed by atoms with E-state index >= 15 is 0 Å². The Kier molecular flexibility index (Phi) is 7.99. The molecule has 3 aromatic rings. The average molecular weight is 425 g/mol. The Hall–Kier alpha value is -2.70. The maximum absolute atomic E-state index is 13.1. The maximum Gasteiger partial charge on any atom is 0.254 e. The zero-order valence-electron chi connectivity index (χ0n) is 17.8. The number of benzene rings is 2. The van der Waals surface area contributed by atoms with Crippen LogP contribution in [-0.4, -0.2) is 36.1 Å². The number of ether oxygens (including phenoxy) is 2. The van der Waals surface area contributed by atoms with Crippen LogP contribution in [0.15, 0.2) is 53.9 Å². The monoisotopic (exact) mass is 424 g/mol. The molecule has 158 valence electrons. The van der Waals surface area contributed by atoms with E-state index in [4.69, 9.17) is 9.47 Å². The van der Waals surface area contributed by atoms with Crippen molar-refractivity contribution < 1.29 is 14.3 Å². The van der Waals surface area contributed by atoms with Gasteiger partial charge in [0.1, 0.15) is 17.4 Å². The van der Waals surface area contributed by atoms with Crippen molar-refractivity contribution in [3.05, 3.63) is 81.3 Å². The predicted octanol–water partition coefficient (Wildman–Crippen LogP) is 5.02. The zero-order chi connectivity index (χ0) is 21.3. The van der Waals surface area contributed by atoms with Gasteiger partial charge in [0, 0.05) is 31.2 Å². The van der Waals surface area contributed by atoms with Crippen LogP contribution in [-0.2, 0) is 17.9 Å². The molecule has 5 nitrogen and oxygen atoms in total. The topological polar surface area (TPSA) is 51.7 Å². The summed E-state index contributed by atoms with van der Waals surface area (Å²) in [4.78, 5) is 19.6. The second-order valence-electron chi connectivity index (χ2n) is 7.28. The highest BCUT2D eigenvalue weighted by atomic mass is 32.1. The highest BCUT2D eigenvalue weighted by Gasteiger charge is 2.17. The Morgan fingerprint density at radius 3 is 2.60 bits per heavy atom. The van der Waals surface area contributed by atoms with E-state index in [-0.39, 0.29) is 5.91 Å². The predicted molar refractivity (Wildman–Crippen MR) is 120 cm³/mol. The summed E-state index contributed by atoms with van der Waals surface area (Å²) in [6.45, 7) is 6.16. The molecule has 2 aromatic carbocycles. The number of amides is 1. The van der Waals surface area contributed by atoms with Gasteiger partial charge >= 0.3 is 0 Å². The lowest BCUT2D eigenvalue weighted by atomic mass is 10.1. The van der Waals surface area contributed by atoms with Crippen LogP contribution in [0, 0.1) is 13.8 Å². The van der Waals surface area contributed by atoms with E-state index in [1.165, 1.54) is 0 Å². The molecule has 0 aliphatic carbocycles. The van der Waals surface area contributed by atoms with Gasteiger partial charge < -0.3 is 14.4 Å². The third kappa shape index (κ3) is 6.40. The van der Waals surface area contributed by atoms with Crippen LogP contribution in [0.4, 0.5) is 0 Å². The van der Waals surface area contributed by atoms with Crippen molar-refractivity contribution in [3.8, 4) is 5.75 Å². The van der Waals surface area contributed by atoms with Gasteiger partial charge in [-0.2, -0.15) is 0 Å². The molecular weight excluding hydrogens is 396 g/mol. The molecule has 0 N–H and O–H groups in total. The minimum absolute atomic E-state index is 0.0142. The van der Waals surface area contributed by atoms with E-state index in [0.29, 0.717) is 31.9 Å². The SMILES string of the molecule is COCCCN(Cc1csc(COc2cccc(C)c2)n1)C(=O)c1cccc(C)c1. The first kappa shape index (κ1) is 22.0. The normalized spacial score (nSPS) is 10.8. The van der Waals surface area contributed by atoms with Gasteiger partial charge in [-0.05, 0) is 50.1 Å². The molecule has 0 saturated heterocycles. The summed E-state index contributed by atoms with van der Waals surface area (Å²) in [5.74, 6) is 0.850. The first-order valence-electron chi connectivity index (χ1n) is 10.0. The first-order chi connectivity index (χ1) is 14.5. The van der Waals surface area contributed by atoms with Gasteiger partial charge in [0.2, 0.25) is 0 Å². The van der Waals surface area contributed by atoms with E-state index < -0.39 is 0 Å². The minimum Gasteiger partial charge on any atom is -0.486 e. The summed E-state index contributed by atoms with van der Waals surface area (Å²) >= 11 is 1.55. The summed E-state index contributed by atoms with van der Waals surface area (Å²) in [5.41, 5.74) is 3.81. The van der Waals surface area contributed by atoms with Crippen LogP contribution in [0.25, 0.3) is 0 Å². The van der Waals surface area contributed by atoms with Crippen LogP contribution in [0.5, 0.6) is 5.75 Å². The van der Waals surface area contributed by atoms with Crippen molar-refractivity contribution in [1.29, 1.82) is 0 Å². The fourth-order valence-corrected chi connectivity index (χ4v) is 3.84. The number of carbonyl (C=O) groups excluding carboxylic acids is 1. The Bertz CT molecular complexity index is 970. The van der Waals surface area contributed by atoms with Gasteiger partial charge in [-0.15, -0.1) is 11.3 Å². The molecule has 1 aromatic heterocycles. The lowest BCUT2D eigenvalue weighted by Gasteiger charge is -2.22. The standard InChI is InChI=1S/C24H28N2O3S/c1-18-7-4-9-20(13-18)24(27)26(11-6-12-28-3)15-21-17-30-23(25-21)16-29-22-10-5-8-19(2)14-22/h4-5,7-10,13-14,17H,6,11-12,15-16H2,1-3H3.